The highest BCUT2D eigenvalue weighted by molar-refractivity contribution is 5.96. The quantitative estimate of drug-likeness (QED) is 0.733. The molecule has 6 nitrogen and oxygen atoms in total. The van der Waals surface area contributed by atoms with Crippen LogP contribution in [0.3, 0.4) is 0 Å². The number of benzene rings is 2. The lowest BCUT2D eigenvalue weighted by molar-refractivity contribution is -0.274. The molecule has 2 aromatic rings. The third kappa shape index (κ3) is 6.00. The van der Waals surface area contributed by atoms with Crippen molar-refractivity contribution in [1.29, 1.82) is 0 Å². The van der Waals surface area contributed by atoms with Crippen molar-refractivity contribution < 1.29 is 27.5 Å². The fraction of sp³-hybridized carbons (Fsp3) is 0.176. The Morgan fingerprint density at radius 3 is 2.08 bits per heavy atom. The minimum absolute atomic E-state index is 0.0866. The molecule has 0 heterocycles. The maximum absolute atomic E-state index is 12.1. The summed E-state index contributed by atoms with van der Waals surface area (Å²) in [7, 11) is 1.52. The van der Waals surface area contributed by atoms with E-state index in [1.54, 1.807) is 24.3 Å². The minimum atomic E-state index is -4.75. The molecule has 0 saturated heterocycles. The van der Waals surface area contributed by atoms with E-state index in [9.17, 15) is 22.8 Å². The van der Waals surface area contributed by atoms with Crippen molar-refractivity contribution in [3.8, 4) is 5.75 Å². The molecule has 0 radical (unpaired) electrons. The van der Waals surface area contributed by atoms with Crippen molar-refractivity contribution in [2.75, 3.05) is 24.2 Å². The van der Waals surface area contributed by atoms with Crippen LogP contribution in [0.2, 0.25) is 0 Å². The smallest absolute Gasteiger partial charge is 0.406 e. The third-order valence-corrected chi connectivity index (χ3v) is 3.20. The van der Waals surface area contributed by atoms with Gasteiger partial charge < -0.3 is 20.7 Å². The number of carbonyl (C=O) groups excluding carboxylic acids is 2. The molecule has 0 saturated carbocycles. The Bertz CT molecular complexity index is 760. The molecule has 0 aromatic heterocycles. The summed E-state index contributed by atoms with van der Waals surface area (Å²) in [5, 5.41) is 7.90. The number of alkyl halides is 3. The summed E-state index contributed by atoms with van der Waals surface area (Å²) < 4.78 is 40.0. The van der Waals surface area contributed by atoms with Crippen LogP contribution >= 0.6 is 0 Å². The monoisotopic (exact) mass is 367 g/mol. The first-order valence-electron chi connectivity index (χ1n) is 7.48. The van der Waals surface area contributed by atoms with Gasteiger partial charge in [0.1, 0.15) is 5.75 Å². The summed E-state index contributed by atoms with van der Waals surface area (Å²) in [4.78, 5) is 23.3. The van der Waals surface area contributed by atoms with Gasteiger partial charge in [-0.3, -0.25) is 9.59 Å². The number of ether oxygens (including phenoxy) is 1. The molecule has 9 heteroatoms. The Labute approximate surface area is 147 Å². The number of amides is 2. The predicted molar refractivity (Wildman–Crippen MR) is 90.1 cm³/mol. The van der Waals surface area contributed by atoms with Gasteiger partial charge in [0.2, 0.25) is 5.91 Å². The predicted octanol–water partition coefficient (Wildman–Crippen LogP) is 3.00. The van der Waals surface area contributed by atoms with E-state index in [1.807, 2.05) is 0 Å². The van der Waals surface area contributed by atoms with E-state index in [0.29, 0.717) is 16.9 Å². The molecule has 2 rings (SSSR count). The fourth-order valence-corrected chi connectivity index (χ4v) is 2.01. The number of halogens is 3. The molecule has 0 unspecified atom stereocenters. The lowest BCUT2D eigenvalue weighted by atomic mass is 10.2. The summed E-state index contributed by atoms with van der Waals surface area (Å²) in [6.07, 6.45) is -4.75. The van der Waals surface area contributed by atoms with Crippen molar-refractivity contribution >= 4 is 23.2 Å². The minimum Gasteiger partial charge on any atom is -0.406 e. The molecule has 138 valence electrons. The number of hydrogen-bond donors (Lipinski definition) is 3. The zero-order valence-corrected chi connectivity index (χ0v) is 13.7. The number of hydrogen-bond acceptors (Lipinski definition) is 4. The SMILES string of the molecule is CNC(=O)c1ccc(NC(=O)CNc2ccc(OC(F)(F)F)cc2)cc1. The molecule has 0 aliphatic heterocycles. The van der Waals surface area contributed by atoms with Gasteiger partial charge in [-0.05, 0) is 48.5 Å². The normalized spacial score (nSPS) is 10.8. The zero-order valence-electron chi connectivity index (χ0n) is 13.7. The van der Waals surface area contributed by atoms with E-state index < -0.39 is 6.36 Å². The second-order valence-electron chi connectivity index (χ2n) is 5.13. The fourth-order valence-electron chi connectivity index (χ4n) is 2.01. The first-order chi connectivity index (χ1) is 12.3. The lowest BCUT2D eigenvalue weighted by Gasteiger charge is -2.11. The van der Waals surface area contributed by atoms with Gasteiger partial charge >= 0.3 is 6.36 Å². The molecule has 3 N–H and O–H groups in total. The van der Waals surface area contributed by atoms with Crippen LogP contribution in [-0.2, 0) is 4.79 Å². The molecule has 0 fully saturated rings. The van der Waals surface area contributed by atoms with Crippen molar-refractivity contribution in [3.63, 3.8) is 0 Å². The van der Waals surface area contributed by atoms with Gasteiger partial charge in [0.25, 0.3) is 5.91 Å². The Morgan fingerprint density at radius 1 is 0.962 bits per heavy atom. The van der Waals surface area contributed by atoms with E-state index in [1.165, 1.54) is 19.2 Å². The maximum atomic E-state index is 12.1. The summed E-state index contributed by atoms with van der Waals surface area (Å²) in [6.45, 7) is -0.0866. The standard InChI is InChI=1S/C17H16F3N3O3/c1-21-16(25)11-2-4-13(5-3-11)23-15(24)10-22-12-6-8-14(9-7-12)26-17(18,19)20/h2-9,22H,10H2,1H3,(H,21,25)(H,23,24). The van der Waals surface area contributed by atoms with Gasteiger partial charge in [-0.15, -0.1) is 13.2 Å². The highest BCUT2D eigenvalue weighted by Gasteiger charge is 2.30. The summed E-state index contributed by atoms with van der Waals surface area (Å²) in [5.74, 6) is -0.931. The first-order valence-corrected chi connectivity index (χ1v) is 7.48. The van der Waals surface area contributed by atoms with Gasteiger partial charge in [-0.1, -0.05) is 0 Å². The molecular formula is C17H16F3N3O3. The van der Waals surface area contributed by atoms with Crippen LogP contribution in [0.25, 0.3) is 0 Å². The molecule has 0 atom stereocenters. The summed E-state index contributed by atoms with van der Waals surface area (Å²) in [6, 6.07) is 11.3. The Balaban J connectivity index is 1.84. The van der Waals surface area contributed by atoms with Crippen LogP contribution in [-0.4, -0.2) is 31.8 Å². The Hall–Kier alpha value is -3.23. The zero-order chi connectivity index (χ0) is 19.2. The molecule has 2 amide bonds. The van der Waals surface area contributed by atoms with Crippen molar-refractivity contribution in [2.24, 2.45) is 0 Å². The third-order valence-electron chi connectivity index (χ3n) is 3.20. The van der Waals surface area contributed by atoms with Crippen molar-refractivity contribution in [2.45, 2.75) is 6.36 Å². The number of anilines is 2. The van der Waals surface area contributed by atoms with Crippen LogP contribution in [0.1, 0.15) is 10.4 Å². The average Bonchev–Trinajstić information content (AvgIpc) is 2.60. The van der Waals surface area contributed by atoms with Crippen LogP contribution in [0, 0.1) is 0 Å². The van der Waals surface area contributed by atoms with Gasteiger partial charge in [-0.25, -0.2) is 0 Å². The second-order valence-corrected chi connectivity index (χ2v) is 5.13. The van der Waals surface area contributed by atoms with E-state index in [4.69, 9.17) is 0 Å². The van der Waals surface area contributed by atoms with E-state index in [-0.39, 0.29) is 24.1 Å². The molecule has 0 aliphatic rings. The van der Waals surface area contributed by atoms with Crippen molar-refractivity contribution in [3.05, 3.63) is 54.1 Å². The average molecular weight is 367 g/mol. The Kier molecular flexibility index (Phi) is 6.05. The van der Waals surface area contributed by atoms with Crippen LogP contribution < -0.4 is 20.7 Å². The molecule has 0 spiro atoms. The molecule has 2 aromatic carbocycles. The molecule has 26 heavy (non-hydrogen) atoms. The Morgan fingerprint density at radius 2 is 1.54 bits per heavy atom. The highest BCUT2D eigenvalue weighted by Crippen LogP contribution is 2.23. The van der Waals surface area contributed by atoms with Crippen molar-refractivity contribution in [1.82, 2.24) is 5.32 Å². The molecular weight excluding hydrogens is 351 g/mol. The number of rotatable bonds is 6. The number of carbonyl (C=O) groups is 2. The van der Waals surface area contributed by atoms with Gasteiger partial charge in [0.05, 0.1) is 6.54 Å². The highest BCUT2D eigenvalue weighted by atomic mass is 19.4. The van der Waals surface area contributed by atoms with E-state index in [2.05, 4.69) is 20.7 Å². The van der Waals surface area contributed by atoms with E-state index in [0.717, 1.165) is 12.1 Å². The molecule has 0 bridgehead atoms. The largest absolute Gasteiger partial charge is 0.573 e. The lowest BCUT2D eigenvalue weighted by Crippen LogP contribution is -2.22. The topological polar surface area (TPSA) is 79.5 Å². The van der Waals surface area contributed by atoms with Gasteiger partial charge in [0.15, 0.2) is 0 Å². The van der Waals surface area contributed by atoms with Crippen LogP contribution in [0.4, 0.5) is 24.5 Å². The van der Waals surface area contributed by atoms with Gasteiger partial charge in [0, 0.05) is 24.0 Å². The first kappa shape index (κ1) is 19.1. The maximum Gasteiger partial charge on any atom is 0.573 e. The van der Waals surface area contributed by atoms with Crippen LogP contribution in [0.15, 0.2) is 48.5 Å². The number of nitrogens with one attached hydrogen (secondary N) is 3. The summed E-state index contributed by atoms with van der Waals surface area (Å²) >= 11 is 0. The van der Waals surface area contributed by atoms with Crippen LogP contribution in [0.5, 0.6) is 5.75 Å². The second kappa shape index (κ2) is 8.24. The molecule has 0 aliphatic carbocycles. The van der Waals surface area contributed by atoms with Gasteiger partial charge in [-0.2, -0.15) is 0 Å². The van der Waals surface area contributed by atoms with E-state index >= 15 is 0 Å². The summed E-state index contributed by atoms with van der Waals surface area (Å²) in [5.41, 5.74) is 1.44.